The molecule has 0 unspecified atom stereocenters. The number of hydrogen-bond acceptors (Lipinski definition) is 6. The van der Waals surface area contributed by atoms with Crippen LogP contribution >= 0.6 is 11.3 Å². The number of amides is 1. The van der Waals surface area contributed by atoms with Crippen molar-refractivity contribution in [3.8, 4) is 16.5 Å². The minimum Gasteiger partial charge on any atom is -0.484 e. The molecule has 4 aromatic rings. The molecule has 0 fully saturated rings. The molecule has 0 radical (unpaired) electrons. The maximum atomic E-state index is 12.4. The van der Waals surface area contributed by atoms with E-state index in [0.29, 0.717) is 29.2 Å². The van der Waals surface area contributed by atoms with E-state index in [9.17, 15) is 9.59 Å². The molecule has 0 atom stereocenters. The first kappa shape index (κ1) is 20.6. The van der Waals surface area contributed by atoms with Gasteiger partial charge in [-0.2, -0.15) is 0 Å². The first-order valence-electron chi connectivity index (χ1n) is 9.69. The number of ketones is 1. The van der Waals surface area contributed by atoms with Crippen molar-refractivity contribution in [3.63, 3.8) is 0 Å². The number of aromatic nitrogens is 1. The lowest BCUT2D eigenvalue weighted by Gasteiger charge is -2.08. The van der Waals surface area contributed by atoms with Gasteiger partial charge in [-0.3, -0.25) is 9.59 Å². The maximum absolute atomic E-state index is 12.4. The van der Waals surface area contributed by atoms with E-state index in [1.807, 2.05) is 37.3 Å². The van der Waals surface area contributed by atoms with Crippen LogP contribution in [0.3, 0.4) is 0 Å². The van der Waals surface area contributed by atoms with Gasteiger partial charge in [-0.05, 0) is 43.3 Å². The number of rotatable bonds is 8. The molecular weight excluding hydrogens is 412 g/mol. The number of furan rings is 1. The Bertz CT molecular complexity index is 1170. The fourth-order valence-corrected chi connectivity index (χ4v) is 3.91. The Hall–Kier alpha value is -3.71. The number of hydrogen-bond donors (Lipinski definition) is 1. The van der Waals surface area contributed by atoms with Crippen molar-refractivity contribution >= 4 is 23.0 Å². The van der Waals surface area contributed by atoms with Crippen LogP contribution < -0.4 is 10.1 Å². The van der Waals surface area contributed by atoms with E-state index >= 15 is 0 Å². The number of nitrogens with zero attached hydrogens (tertiary/aromatic N) is 1. The first-order valence-corrected chi connectivity index (χ1v) is 10.5. The Morgan fingerprint density at radius 3 is 2.45 bits per heavy atom. The Morgan fingerprint density at radius 2 is 1.74 bits per heavy atom. The van der Waals surface area contributed by atoms with Gasteiger partial charge in [0, 0.05) is 16.0 Å². The van der Waals surface area contributed by atoms with Crippen molar-refractivity contribution in [1.82, 2.24) is 10.3 Å². The molecule has 6 nitrogen and oxygen atoms in total. The van der Waals surface area contributed by atoms with Crippen molar-refractivity contribution in [2.75, 3.05) is 6.61 Å². The Morgan fingerprint density at radius 1 is 1.00 bits per heavy atom. The average molecular weight is 433 g/mol. The molecule has 2 aromatic carbocycles. The number of ether oxygens (including phenoxy) is 1. The predicted octanol–water partition coefficient (Wildman–Crippen LogP) is 4.64. The van der Waals surface area contributed by atoms with Crippen molar-refractivity contribution in [3.05, 3.63) is 94.7 Å². The molecule has 31 heavy (non-hydrogen) atoms. The number of carbonyl (C=O) groups excluding carboxylic acids is 2. The molecule has 156 valence electrons. The smallest absolute Gasteiger partial charge is 0.258 e. The Balaban J connectivity index is 1.28. The SMILES string of the molecule is Cc1nc(-c2ccco2)sc1CNC(=O)COc1ccc(C(=O)c2ccccc2)cc1. The lowest BCUT2D eigenvalue weighted by molar-refractivity contribution is -0.123. The van der Waals surface area contributed by atoms with Gasteiger partial charge in [0.05, 0.1) is 18.5 Å². The highest BCUT2D eigenvalue weighted by Crippen LogP contribution is 2.28. The van der Waals surface area contributed by atoms with Gasteiger partial charge in [0.2, 0.25) is 0 Å². The van der Waals surface area contributed by atoms with Crippen LogP contribution in [0.2, 0.25) is 0 Å². The van der Waals surface area contributed by atoms with E-state index in [-0.39, 0.29) is 18.3 Å². The number of nitrogens with one attached hydrogen (secondary N) is 1. The first-order chi connectivity index (χ1) is 15.1. The summed E-state index contributed by atoms with van der Waals surface area (Å²) in [5, 5.41) is 3.63. The van der Waals surface area contributed by atoms with Crippen molar-refractivity contribution < 1.29 is 18.7 Å². The molecule has 0 bridgehead atoms. The second kappa shape index (κ2) is 9.40. The van der Waals surface area contributed by atoms with E-state index in [2.05, 4.69) is 10.3 Å². The molecule has 0 spiro atoms. The average Bonchev–Trinajstić information content (AvgIpc) is 3.46. The van der Waals surface area contributed by atoms with E-state index in [0.717, 1.165) is 15.6 Å². The molecule has 2 heterocycles. The van der Waals surface area contributed by atoms with Crippen LogP contribution in [0, 0.1) is 6.92 Å². The molecule has 0 saturated carbocycles. The zero-order valence-corrected chi connectivity index (χ0v) is 17.6. The summed E-state index contributed by atoms with van der Waals surface area (Å²) in [4.78, 5) is 30.1. The van der Waals surface area contributed by atoms with Gasteiger partial charge in [0.25, 0.3) is 5.91 Å². The summed E-state index contributed by atoms with van der Waals surface area (Å²) in [6.07, 6.45) is 1.61. The van der Waals surface area contributed by atoms with Gasteiger partial charge >= 0.3 is 0 Å². The third kappa shape index (κ3) is 5.07. The summed E-state index contributed by atoms with van der Waals surface area (Å²) in [6, 6.07) is 19.5. The van der Waals surface area contributed by atoms with Gasteiger partial charge in [0.1, 0.15) is 5.75 Å². The molecule has 1 N–H and O–H groups in total. The van der Waals surface area contributed by atoms with Crippen molar-refractivity contribution in [2.24, 2.45) is 0 Å². The summed E-state index contributed by atoms with van der Waals surface area (Å²) < 4.78 is 10.9. The molecule has 1 amide bonds. The predicted molar refractivity (Wildman–Crippen MR) is 118 cm³/mol. The summed E-state index contributed by atoms with van der Waals surface area (Å²) >= 11 is 1.48. The van der Waals surface area contributed by atoms with Crippen LogP contribution in [0.4, 0.5) is 0 Å². The minimum absolute atomic E-state index is 0.0567. The number of aryl methyl sites for hydroxylation is 1. The second-order valence-electron chi connectivity index (χ2n) is 6.79. The number of benzene rings is 2. The standard InChI is InChI=1S/C24H20N2O4S/c1-16-21(31-24(26-16)20-8-5-13-29-20)14-25-22(27)15-30-19-11-9-18(10-12-19)23(28)17-6-3-2-4-7-17/h2-13H,14-15H2,1H3,(H,25,27). The van der Waals surface area contributed by atoms with E-state index in [1.54, 1.807) is 42.7 Å². The molecule has 0 aliphatic rings. The summed E-state index contributed by atoms with van der Waals surface area (Å²) in [7, 11) is 0. The Labute approximate surface area is 183 Å². The van der Waals surface area contributed by atoms with Crippen LogP contribution in [0.5, 0.6) is 5.75 Å². The maximum Gasteiger partial charge on any atom is 0.258 e. The zero-order chi connectivity index (χ0) is 21.6. The third-order valence-corrected chi connectivity index (χ3v) is 5.77. The van der Waals surface area contributed by atoms with Crippen molar-refractivity contribution in [2.45, 2.75) is 13.5 Å². The monoisotopic (exact) mass is 432 g/mol. The number of carbonyl (C=O) groups is 2. The van der Waals surface area contributed by atoms with Gasteiger partial charge in [-0.25, -0.2) is 4.98 Å². The van der Waals surface area contributed by atoms with Crippen molar-refractivity contribution in [1.29, 1.82) is 0 Å². The molecule has 4 rings (SSSR count). The van der Waals surface area contributed by atoms with Crippen LogP contribution in [-0.2, 0) is 11.3 Å². The van der Waals surface area contributed by atoms with Gasteiger partial charge in [0.15, 0.2) is 23.2 Å². The van der Waals surface area contributed by atoms with Crippen LogP contribution in [-0.4, -0.2) is 23.3 Å². The summed E-state index contributed by atoms with van der Waals surface area (Å²) in [5.74, 6) is 0.938. The molecule has 0 aliphatic heterocycles. The molecule has 2 aromatic heterocycles. The van der Waals surface area contributed by atoms with Crippen LogP contribution in [0.1, 0.15) is 26.5 Å². The van der Waals surface area contributed by atoms with E-state index in [1.165, 1.54) is 11.3 Å². The van der Waals surface area contributed by atoms with Crippen LogP contribution in [0.15, 0.2) is 77.4 Å². The summed E-state index contributed by atoms with van der Waals surface area (Å²) in [5.41, 5.74) is 2.05. The molecule has 0 aliphatic carbocycles. The van der Waals surface area contributed by atoms with Gasteiger partial charge in [-0.1, -0.05) is 30.3 Å². The minimum atomic E-state index is -0.239. The summed E-state index contributed by atoms with van der Waals surface area (Å²) in [6.45, 7) is 2.16. The lowest BCUT2D eigenvalue weighted by Crippen LogP contribution is -2.28. The fraction of sp³-hybridized carbons (Fsp3) is 0.125. The van der Waals surface area contributed by atoms with E-state index < -0.39 is 0 Å². The molecule has 0 saturated heterocycles. The van der Waals surface area contributed by atoms with Gasteiger partial charge < -0.3 is 14.5 Å². The zero-order valence-electron chi connectivity index (χ0n) is 16.8. The topological polar surface area (TPSA) is 81.4 Å². The number of thiazole rings is 1. The normalized spacial score (nSPS) is 10.6. The fourth-order valence-electron chi connectivity index (χ4n) is 2.94. The highest BCUT2D eigenvalue weighted by Gasteiger charge is 2.13. The van der Waals surface area contributed by atoms with E-state index in [4.69, 9.17) is 9.15 Å². The largest absolute Gasteiger partial charge is 0.484 e. The second-order valence-corrected chi connectivity index (χ2v) is 7.87. The Kier molecular flexibility index (Phi) is 6.24. The molecular formula is C24H20N2O4S. The molecule has 7 heteroatoms. The highest BCUT2D eigenvalue weighted by molar-refractivity contribution is 7.15. The van der Waals surface area contributed by atoms with Crippen LogP contribution in [0.25, 0.3) is 10.8 Å². The quantitative estimate of drug-likeness (QED) is 0.410. The van der Waals surface area contributed by atoms with Gasteiger partial charge in [-0.15, -0.1) is 11.3 Å². The lowest BCUT2D eigenvalue weighted by atomic mass is 10.0. The highest BCUT2D eigenvalue weighted by atomic mass is 32.1. The third-order valence-electron chi connectivity index (χ3n) is 4.59.